The van der Waals surface area contributed by atoms with Gasteiger partial charge < -0.3 is 15.1 Å². The smallest absolute Gasteiger partial charge is 0.258 e. The van der Waals surface area contributed by atoms with E-state index in [9.17, 15) is 14.0 Å². The molecule has 0 aliphatic carbocycles. The van der Waals surface area contributed by atoms with E-state index in [0.29, 0.717) is 31.5 Å². The summed E-state index contributed by atoms with van der Waals surface area (Å²) < 4.78 is 14.3. The molecule has 0 bridgehead atoms. The fraction of sp³-hybridized carbons (Fsp3) is 0.355. The maximum absolute atomic E-state index is 14.3. The zero-order valence-electron chi connectivity index (χ0n) is 21.8. The number of carbonyl (C=O) groups is 2. The summed E-state index contributed by atoms with van der Waals surface area (Å²) in [4.78, 5) is 29.7. The molecule has 2 unspecified atom stereocenters. The highest BCUT2D eigenvalue weighted by atomic mass is 35.5. The van der Waals surface area contributed by atoms with Crippen molar-refractivity contribution in [3.05, 3.63) is 99.3 Å². The third-order valence-electron chi connectivity index (χ3n) is 8.00. The zero-order valence-corrected chi connectivity index (χ0v) is 22.6. The van der Waals surface area contributed by atoms with Crippen LogP contribution in [-0.4, -0.2) is 49.4 Å². The normalized spacial score (nSPS) is 18.5. The van der Waals surface area contributed by atoms with E-state index < -0.39 is 5.82 Å². The van der Waals surface area contributed by atoms with Gasteiger partial charge in [0.15, 0.2) is 0 Å². The van der Waals surface area contributed by atoms with Gasteiger partial charge in [0.25, 0.3) is 11.8 Å². The van der Waals surface area contributed by atoms with Gasteiger partial charge in [0.2, 0.25) is 0 Å². The standard InChI is InChI=1S/C31H33ClFN3O2/c1-20-7-3-11-26(21(20)2)30(37)34-14-6-9-22-8-4-10-25(15-22)35-16-23-18-36(19-24(23)17-35)31(38)29-27(32)12-5-13-28(29)33/h3-5,7-8,10-13,15,23-24H,6,9,14,16-19H2,1-2H3,(H,34,37). The van der Waals surface area contributed by atoms with Crippen LogP contribution in [0.25, 0.3) is 0 Å². The molecule has 2 heterocycles. The Labute approximate surface area is 228 Å². The van der Waals surface area contributed by atoms with Crippen molar-refractivity contribution in [3.63, 3.8) is 0 Å². The summed E-state index contributed by atoms with van der Waals surface area (Å²) in [6, 6.07) is 18.7. The predicted molar refractivity (Wildman–Crippen MR) is 150 cm³/mol. The molecule has 38 heavy (non-hydrogen) atoms. The van der Waals surface area contributed by atoms with Crippen LogP contribution >= 0.6 is 11.6 Å². The molecule has 2 aliphatic rings. The number of hydrogen-bond acceptors (Lipinski definition) is 3. The summed E-state index contributed by atoms with van der Waals surface area (Å²) in [5.41, 5.74) is 5.29. The van der Waals surface area contributed by atoms with Crippen molar-refractivity contribution in [2.24, 2.45) is 11.8 Å². The van der Waals surface area contributed by atoms with E-state index in [1.54, 1.807) is 11.0 Å². The lowest BCUT2D eigenvalue weighted by atomic mass is 10.0. The number of hydrogen-bond donors (Lipinski definition) is 1. The molecule has 2 atom stereocenters. The Balaban J connectivity index is 1.12. The van der Waals surface area contributed by atoms with Crippen molar-refractivity contribution in [1.82, 2.24) is 10.2 Å². The summed E-state index contributed by atoms with van der Waals surface area (Å²) in [5, 5.41) is 3.21. The quantitative estimate of drug-likeness (QED) is 0.398. The van der Waals surface area contributed by atoms with Crippen LogP contribution in [0.5, 0.6) is 0 Å². The molecule has 2 saturated heterocycles. The first-order valence-electron chi connectivity index (χ1n) is 13.2. The minimum absolute atomic E-state index is 0.0200. The Morgan fingerprint density at radius 3 is 2.42 bits per heavy atom. The van der Waals surface area contributed by atoms with E-state index in [0.717, 1.165) is 42.6 Å². The van der Waals surface area contributed by atoms with Gasteiger partial charge in [-0.1, -0.05) is 41.9 Å². The molecular formula is C31H33ClFN3O2. The van der Waals surface area contributed by atoms with Crippen LogP contribution in [0.4, 0.5) is 10.1 Å². The third kappa shape index (κ3) is 5.41. The van der Waals surface area contributed by atoms with E-state index >= 15 is 0 Å². The molecule has 3 aromatic carbocycles. The van der Waals surface area contributed by atoms with Crippen LogP contribution in [-0.2, 0) is 6.42 Å². The average Bonchev–Trinajstić information content (AvgIpc) is 3.48. The van der Waals surface area contributed by atoms with E-state index in [-0.39, 0.29) is 22.4 Å². The number of aryl methyl sites for hydroxylation is 2. The maximum Gasteiger partial charge on any atom is 0.258 e. The summed E-state index contributed by atoms with van der Waals surface area (Å²) in [6.45, 7) is 7.60. The first kappa shape index (κ1) is 26.2. The van der Waals surface area contributed by atoms with Gasteiger partial charge in [-0.3, -0.25) is 9.59 Å². The Bertz CT molecular complexity index is 1330. The first-order valence-corrected chi connectivity index (χ1v) is 13.6. The van der Waals surface area contributed by atoms with E-state index in [2.05, 4.69) is 34.5 Å². The lowest BCUT2D eigenvalue weighted by Crippen LogP contribution is -2.34. The number of benzene rings is 3. The number of halogens is 2. The highest BCUT2D eigenvalue weighted by molar-refractivity contribution is 6.33. The SMILES string of the molecule is Cc1cccc(C(=O)NCCCc2cccc(N3CC4CN(C(=O)c5c(F)cccc5Cl)CC4C3)c2)c1C. The van der Waals surface area contributed by atoms with Gasteiger partial charge in [-0.15, -0.1) is 0 Å². The van der Waals surface area contributed by atoms with Crippen molar-refractivity contribution in [1.29, 1.82) is 0 Å². The maximum atomic E-state index is 14.3. The minimum Gasteiger partial charge on any atom is -0.371 e. The summed E-state index contributed by atoms with van der Waals surface area (Å²) in [5.74, 6) is -0.196. The molecule has 5 rings (SSSR count). The number of carbonyl (C=O) groups excluding carboxylic acids is 2. The van der Waals surface area contributed by atoms with E-state index in [1.165, 1.54) is 23.4 Å². The Kier molecular flexibility index (Phi) is 7.70. The zero-order chi connectivity index (χ0) is 26.8. The molecule has 7 heteroatoms. The number of nitrogens with zero attached hydrogens (tertiary/aromatic N) is 2. The molecule has 3 aromatic rings. The Morgan fingerprint density at radius 1 is 0.974 bits per heavy atom. The van der Waals surface area contributed by atoms with Gasteiger partial charge in [0.05, 0.1) is 10.6 Å². The van der Waals surface area contributed by atoms with Crippen molar-refractivity contribution in [3.8, 4) is 0 Å². The number of nitrogens with one attached hydrogen (secondary N) is 1. The van der Waals surface area contributed by atoms with Crippen LogP contribution in [0.2, 0.25) is 5.02 Å². The summed E-state index contributed by atoms with van der Waals surface area (Å²) in [6.07, 6.45) is 1.74. The summed E-state index contributed by atoms with van der Waals surface area (Å²) in [7, 11) is 0. The predicted octanol–water partition coefficient (Wildman–Crippen LogP) is 5.67. The van der Waals surface area contributed by atoms with Crippen LogP contribution in [0.15, 0.2) is 60.7 Å². The van der Waals surface area contributed by atoms with Gasteiger partial charge in [-0.25, -0.2) is 4.39 Å². The van der Waals surface area contributed by atoms with Gasteiger partial charge in [0.1, 0.15) is 5.82 Å². The highest BCUT2D eigenvalue weighted by Gasteiger charge is 2.42. The molecule has 0 radical (unpaired) electrons. The number of anilines is 1. The van der Waals surface area contributed by atoms with Gasteiger partial charge in [-0.2, -0.15) is 0 Å². The second-order valence-corrected chi connectivity index (χ2v) is 10.9. The number of likely N-dealkylation sites (tertiary alicyclic amines) is 1. The minimum atomic E-state index is -0.567. The molecule has 198 valence electrons. The fourth-order valence-corrected chi connectivity index (χ4v) is 5.97. The highest BCUT2D eigenvalue weighted by Crippen LogP contribution is 2.35. The van der Waals surface area contributed by atoms with Crippen LogP contribution in [0, 0.1) is 31.5 Å². The van der Waals surface area contributed by atoms with Gasteiger partial charge in [0, 0.05) is 55.8 Å². The molecule has 0 aromatic heterocycles. The third-order valence-corrected chi connectivity index (χ3v) is 8.32. The summed E-state index contributed by atoms with van der Waals surface area (Å²) >= 11 is 6.13. The average molecular weight is 534 g/mol. The largest absolute Gasteiger partial charge is 0.371 e. The molecule has 2 amide bonds. The molecule has 2 aliphatic heterocycles. The topological polar surface area (TPSA) is 52.7 Å². The second-order valence-electron chi connectivity index (χ2n) is 10.5. The number of fused-ring (bicyclic) bond motifs is 1. The number of rotatable bonds is 7. The second kappa shape index (κ2) is 11.2. The van der Waals surface area contributed by atoms with Crippen LogP contribution in [0.1, 0.15) is 43.8 Å². The van der Waals surface area contributed by atoms with E-state index in [1.807, 2.05) is 32.0 Å². The lowest BCUT2D eigenvalue weighted by molar-refractivity contribution is 0.0777. The van der Waals surface area contributed by atoms with Gasteiger partial charge in [-0.05, 0) is 73.7 Å². The molecular weight excluding hydrogens is 501 g/mol. The molecule has 0 saturated carbocycles. The first-order chi connectivity index (χ1) is 18.3. The molecule has 5 nitrogen and oxygen atoms in total. The van der Waals surface area contributed by atoms with Crippen LogP contribution < -0.4 is 10.2 Å². The van der Waals surface area contributed by atoms with Crippen molar-refractivity contribution in [2.45, 2.75) is 26.7 Å². The Morgan fingerprint density at radius 2 is 1.68 bits per heavy atom. The van der Waals surface area contributed by atoms with Crippen molar-refractivity contribution in [2.75, 3.05) is 37.6 Å². The lowest BCUT2D eigenvalue weighted by Gasteiger charge is -2.24. The molecule has 1 N–H and O–H groups in total. The fourth-order valence-electron chi connectivity index (χ4n) is 5.73. The Hall–Kier alpha value is -3.38. The van der Waals surface area contributed by atoms with Crippen molar-refractivity contribution >= 4 is 29.1 Å². The molecule has 2 fully saturated rings. The van der Waals surface area contributed by atoms with Crippen molar-refractivity contribution < 1.29 is 14.0 Å². The number of amides is 2. The van der Waals surface area contributed by atoms with E-state index in [4.69, 9.17) is 11.6 Å². The van der Waals surface area contributed by atoms with Crippen LogP contribution in [0.3, 0.4) is 0 Å². The van der Waals surface area contributed by atoms with Gasteiger partial charge >= 0.3 is 0 Å². The monoisotopic (exact) mass is 533 g/mol. The molecule has 0 spiro atoms.